The summed E-state index contributed by atoms with van der Waals surface area (Å²) in [7, 11) is 0. The van der Waals surface area contributed by atoms with Crippen LogP contribution in [0.2, 0.25) is 0 Å². The number of rotatable bonds is 6. The number of hydrogen-bond acceptors (Lipinski definition) is 4. The molecule has 1 atom stereocenters. The van der Waals surface area contributed by atoms with Crippen LogP contribution < -0.4 is 0 Å². The highest BCUT2D eigenvalue weighted by Gasteiger charge is 2.24. The normalized spacial score (nSPS) is 23.3. The van der Waals surface area contributed by atoms with Crippen LogP contribution in [0.3, 0.4) is 0 Å². The molecule has 2 fully saturated rings. The third-order valence-corrected chi connectivity index (χ3v) is 5.10. The average Bonchev–Trinajstić information content (AvgIpc) is 3.10. The van der Waals surface area contributed by atoms with Gasteiger partial charge in [-0.05, 0) is 70.8 Å². The quantitative estimate of drug-likeness (QED) is 0.809. The molecule has 0 bridgehead atoms. The zero-order valence-corrected chi connectivity index (χ0v) is 14.2. The number of ketones is 1. The molecule has 0 saturated carbocycles. The van der Waals surface area contributed by atoms with Crippen molar-refractivity contribution in [2.45, 2.75) is 57.5 Å². The first-order valence-electron chi connectivity index (χ1n) is 9.02. The van der Waals surface area contributed by atoms with Gasteiger partial charge in [-0.2, -0.15) is 0 Å². The average molecular weight is 316 g/mol. The van der Waals surface area contributed by atoms with E-state index in [1.54, 1.807) is 0 Å². The second-order valence-corrected chi connectivity index (χ2v) is 6.89. The zero-order valence-electron chi connectivity index (χ0n) is 14.2. The maximum absolute atomic E-state index is 12.0. The van der Waals surface area contributed by atoms with E-state index in [2.05, 4.69) is 35.0 Å². The number of aromatic nitrogens is 1. The van der Waals surface area contributed by atoms with E-state index in [4.69, 9.17) is 4.74 Å². The van der Waals surface area contributed by atoms with Crippen LogP contribution in [0.1, 0.15) is 55.8 Å². The highest BCUT2D eigenvalue weighted by Crippen LogP contribution is 2.27. The third-order valence-electron chi connectivity index (χ3n) is 5.10. The van der Waals surface area contributed by atoms with Crippen LogP contribution in [0.5, 0.6) is 0 Å². The van der Waals surface area contributed by atoms with Crippen LogP contribution in [0.15, 0.2) is 18.2 Å². The van der Waals surface area contributed by atoms with Crippen molar-refractivity contribution >= 4 is 5.78 Å². The van der Waals surface area contributed by atoms with Gasteiger partial charge in [-0.1, -0.05) is 6.07 Å². The van der Waals surface area contributed by atoms with Crippen molar-refractivity contribution in [1.29, 1.82) is 0 Å². The van der Waals surface area contributed by atoms with Crippen LogP contribution in [-0.4, -0.2) is 48.0 Å². The summed E-state index contributed by atoms with van der Waals surface area (Å²) in [6.07, 6.45) is 5.85. The number of aryl methyl sites for hydroxylation is 1. The number of piperidine rings is 1. The standard InChI is InChI=1S/C19H28N2O2/c1-15-5-2-6-17(20-15)16-9-12-21(13-10-16)11-3-7-18(22)19-8-4-14-23-19/h2,5-6,16,19H,3-4,7-14H2,1H3. The third kappa shape index (κ3) is 4.61. The predicted molar refractivity (Wildman–Crippen MR) is 90.6 cm³/mol. The number of likely N-dealkylation sites (tertiary alicyclic amines) is 1. The van der Waals surface area contributed by atoms with Crippen LogP contribution in [0, 0.1) is 6.92 Å². The molecule has 3 rings (SSSR count). The van der Waals surface area contributed by atoms with Crippen molar-refractivity contribution in [2.24, 2.45) is 0 Å². The molecule has 1 aromatic heterocycles. The molecule has 0 N–H and O–H groups in total. The van der Waals surface area contributed by atoms with Crippen LogP contribution >= 0.6 is 0 Å². The molecule has 2 aliphatic rings. The van der Waals surface area contributed by atoms with Gasteiger partial charge in [-0.25, -0.2) is 0 Å². The first kappa shape index (κ1) is 16.6. The fourth-order valence-corrected chi connectivity index (χ4v) is 3.71. The summed E-state index contributed by atoms with van der Waals surface area (Å²) in [4.78, 5) is 19.2. The van der Waals surface area contributed by atoms with Gasteiger partial charge in [0.25, 0.3) is 0 Å². The fraction of sp³-hybridized carbons (Fsp3) is 0.684. The van der Waals surface area contributed by atoms with E-state index in [9.17, 15) is 4.79 Å². The Morgan fingerprint density at radius 2 is 2.13 bits per heavy atom. The molecule has 126 valence electrons. The molecular weight excluding hydrogens is 288 g/mol. The minimum absolute atomic E-state index is 0.104. The van der Waals surface area contributed by atoms with Crippen molar-refractivity contribution in [1.82, 2.24) is 9.88 Å². The number of carbonyl (C=O) groups excluding carboxylic acids is 1. The molecule has 4 nitrogen and oxygen atoms in total. The summed E-state index contributed by atoms with van der Waals surface area (Å²) >= 11 is 0. The molecule has 0 aromatic carbocycles. The summed E-state index contributed by atoms with van der Waals surface area (Å²) in [5.41, 5.74) is 2.36. The maximum atomic E-state index is 12.0. The Kier molecular flexibility index (Phi) is 5.79. The van der Waals surface area contributed by atoms with E-state index in [1.807, 2.05) is 0 Å². The first-order chi connectivity index (χ1) is 11.2. The summed E-state index contributed by atoms with van der Waals surface area (Å²) in [6, 6.07) is 6.33. The fourth-order valence-electron chi connectivity index (χ4n) is 3.71. The Hall–Kier alpha value is -1.26. The first-order valence-corrected chi connectivity index (χ1v) is 9.02. The Morgan fingerprint density at radius 3 is 2.83 bits per heavy atom. The second-order valence-electron chi connectivity index (χ2n) is 6.89. The van der Waals surface area contributed by atoms with Gasteiger partial charge in [0.05, 0.1) is 0 Å². The van der Waals surface area contributed by atoms with Gasteiger partial charge in [-0.3, -0.25) is 9.78 Å². The Morgan fingerprint density at radius 1 is 1.30 bits per heavy atom. The second kappa shape index (κ2) is 8.02. The number of hydrogen-bond donors (Lipinski definition) is 0. The lowest BCUT2D eigenvalue weighted by atomic mass is 9.92. The number of Topliss-reactive ketones (excluding diaryl/α,β-unsaturated/α-hetero) is 1. The van der Waals surface area contributed by atoms with Gasteiger partial charge in [0.2, 0.25) is 0 Å². The zero-order chi connectivity index (χ0) is 16.1. The molecule has 0 amide bonds. The highest BCUT2D eigenvalue weighted by molar-refractivity contribution is 5.83. The van der Waals surface area contributed by atoms with E-state index in [0.29, 0.717) is 18.1 Å². The van der Waals surface area contributed by atoms with Gasteiger partial charge < -0.3 is 9.64 Å². The molecule has 1 unspecified atom stereocenters. The van der Waals surface area contributed by atoms with Crippen molar-refractivity contribution in [3.05, 3.63) is 29.6 Å². The molecule has 23 heavy (non-hydrogen) atoms. The molecule has 2 aliphatic heterocycles. The minimum atomic E-state index is -0.104. The van der Waals surface area contributed by atoms with Crippen LogP contribution in [0.4, 0.5) is 0 Å². The van der Waals surface area contributed by atoms with Crippen molar-refractivity contribution in [2.75, 3.05) is 26.2 Å². The van der Waals surface area contributed by atoms with E-state index >= 15 is 0 Å². The lowest BCUT2D eigenvalue weighted by Gasteiger charge is -2.31. The lowest BCUT2D eigenvalue weighted by molar-refractivity contribution is -0.128. The van der Waals surface area contributed by atoms with Gasteiger partial charge in [0.15, 0.2) is 5.78 Å². The predicted octanol–water partition coefficient (Wildman–Crippen LogP) is 3.10. The van der Waals surface area contributed by atoms with Crippen LogP contribution in [0.25, 0.3) is 0 Å². The Labute approximate surface area is 139 Å². The summed E-state index contributed by atoms with van der Waals surface area (Å²) in [6.45, 7) is 6.09. The largest absolute Gasteiger partial charge is 0.370 e. The van der Waals surface area contributed by atoms with Crippen LogP contribution in [-0.2, 0) is 9.53 Å². The van der Waals surface area contributed by atoms with E-state index in [1.165, 1.54) is 18.5 Å². The molecule has 0 radical (unpaired) electrons. The molecule has 4 heteroatoms. The van der Waals surface area contributed by atoms with Gasteiger partial charge in [-0.15, -0.1) is 0 Å². The van der Waals surface area contributed by atoms with Crippen molar-refractivity contribution in [3.63, 3.8) is 0 Å². The topological polar surface area (TPSA) is 42.4 Å². The Bertz CT molecular complexity index is 518. The summed E-state index contributed by atoms with van der Waals surface area (Å²) < 4.78 is 5.46. The molecule has 2 saturated heterocycles. The smallest absolute Gasteiger partial charge is 0.161 e. The summed E-state index contributed by atoms with van der Waals surface area (Å²) in [5.74, 6) is 0.904. The van der Waals surface area contributed by atoms with E-state index in [-0.39, 0.29) is 6.10 Å². The maximum Gasteiger partial charge on any atom is 0.161 e. The lowest BCUT2D eigenvalue weighted by Crippen LogP contribution is -2.34. The Balaban J connectivity index is 1.37. The van der Waals surface area contributed by atoms with E-state index in [0.717, 1.165) is 51.2 Å². The van der Waals surface area contributed by atoms with Gasteiger partial charge in [0.1, 0.15) is 6.10 Å². The highest BCUT2D eigenvalue weighted by atomic mass is 16.5. The van der Waals surface area contributed by atoms with Crippen molar-refractivity contribution < 1.29 is 9.53 Å². The van der Waals surface area contributed by atoms with Gasteiger partial charge >= 0.3 is 0 Å². The summed E-state index contributed by atoms with van der Waals surface area (Å²) in [5, 5.41) is 0. The SMILES string of the molecule is Cc1cccc(C2CCN(CCCC(=O)C3CCCO3)CC2)n1. The number of pyridine rings is 1. The van der Waals surface area contributed by atoms with E-state index < -0.39 is 0 Å². The molecule has 3 heterocycles. The number of ether oxygens (including phenoxy) is 1. The molecular formula is C19H28N2O2. The molecule has 0 spiro atoms. The molecule has 0 aliphatic carbocycles. The molecule has 1 aromatic rings. The number of nitrogens with zero attached hydrogens (tertiary/aromatic N) is 2. The minimum Gasteiger partial charge on any atom is -0.370 e. The number of carbonyl (C=O) groups is 1. The van der Waals surface area contributed by atoms with Gasteiger partial charge in [0, 0.05) is 30.3 Å². The van der Waals surface area contributed by atoms with Crippen molar-refractivity contribution in [3.8, 4) is 0 Å². The monoisotopic (exact) mass is 316 g/mol.